The molecule has 5 unspecified atom stereocenters. The molecule has 2 aliphatic heterocycles. The predicted molar refractivity (Wildman–Crippen MR) is 97.6 cm³/mol. The topological polar surface area (TPSA) is 88.1 Å². The molecule has 0 radical (unpaired) electrons. The van der Waals surface area contributed by atoms with E-state index in [-0.39, 0.29) is 21.9 Å². The average Bonchev–Trinajstić information content (AvgIpc) is 2.87. The van der Waals surface area contributed by atoms with Crippen molar-refractivity contribution in [3.63, 3.8) is 0 Å². The molecule has 0 bridgehead atoms. The second-order valence-corrected chi connectivity index (χ2v) is 8.76. The molecule has 2 N–H and O–H groups in total. The van der Waals surface area contributed by atoms with Gasteiger partial charge in [0.2, 0.25) is 5.91 Å². The minimum absolute atomic E-state index is 0.213. The Kier molecular flexibility index (Phi) is 5.18. The van der Waals surface area contributed by atoms with E-state index in [0.29, 0.717) is 5.75 Å². The van der Waals surface area contributed by atoms with Gasteiger partial charge in [-0.05, 0) is 32.9 Å². The Morgan fingerprint density at radius 3 is 2.62 bits per heavy atom. The number of benzene rings is 1. The van der Waals surface area contributed by atoms with Gasteiger partial charge < -0.3 is 24.8 Å². The fourth-order valence-corrected chi connectivity index (χ4v) is 5.05. The zero-order valence-corrected chi connectivity index (χ0v) is 16.0. The van der Waals surface area contributed by atoms with Gasteiger partial charge in [0.15, 0.2) is 12.4 Å². The Hall–Kier alpha value is -1.77. The van der Waals surface area contributed by atoms with Crippen LogP contribution in [0.4, 0.5) is 0 Å². The number of aliphatic hydroxyl groups is 1. The van der Waals surface area contributed by atoms with Crippen LogP contribution in [0.5, 0.6) is 5.75 Å². The molecule has 0 saturated carbocycles. The van der Waals surface area contributed by atoms with Crippen LogP contribution in [-0.4, -0.2) is 63.5 Å². The van der Waals surface area contributed by atoms with Crippen LogP contribution in [0.1, 0.15) is 20.8 Å². The first kappa shape index (κ1) is 19.0. The molecule has 2 amide bonds. The lowest BCUT2D eigenvalue weighted by Gasteiger charge is -2.45. The molecule has 7 nitrogen and oxygen atoms in total. The molecule has 5 atom stereocenters. The summed E-state index contributed by atoms with van der Waals surface area (Å²) >= 11 is 1.55. The molecule has 1 aromatic carbocycles. The van der Waals surface area contributed by atoms with E-state index < -0.39 is 24.5 Å². The van der Waals surface area contributed by atoms with E-state index in [1.807, 2.05) is 32.0 Å². The molecular weight excluding hydrogens is 356 g/mol. The first-order valence-electron chi connectivity index (χ1n) is 8.49. The van der Waals surface area contributed by atoms with Crippen LogP contribution in [-0.2, 0) is 14.3 Å². The Morgan fingerprint density at radius 1 is 1.35 bits per heavy atom. The number of ether oxygens (including phenoxy) is 2. The fraction of sp³-hybridized carbons (Fsp3) is 0.556. The van der Waals surface area contributed by atoms with Crippen molar-refractivity contribution >= 4 is 23.6 Å². The lowest BCUT2D eigenvalue weighted by Crippen LogP contribution is -2.71. The van der Waals surface area contributed by atoms with Crippen molar-refractivity contribution in [3.8, 4) is 5.75 Å². The number of hydrogen-bond donors (Lipinski definition) is 2. The molecule has 2 fully saturated rings. The third kappa shape index (κ3) is 3.28. The maximum atomic E-state index is 12.6. The van der Waals surface area contributed by atoms with E-state index in [9.17, 15) is 14.7 Å². The summed E-state index contributed by atoms with van der Waals surface area (Å²) < 4.78 is 10.3. The van der Waals surface area contributed by atoms with Gasteiger partial charge >= 0.3 is 0 Å². The van der Waals surface area contributed by atoms with Crippen molar-refractivity contribution in [1.29, 1.82) is 0 Å². The molecule has 0 spiro atoms. The summed E-state index contributed by atoms with van der Waals surface area (Å²) in [6.07, 6.45) is -1.79. The molecule has 142 valence electrons. The smallest absolute Gasteiger partial charge is 0.261 e. The molecular formula is C18H24N2O5S. The van der Waals surface area contributed by atoms with Gasteiger partial charge in [-0.1, -0.05) is 18.2 Å². The number of nitrogens with one attached hydrogen (secondary N) is 1. The van der Waals surface area contributed by atoms with Crippen molar-refractivity contribution in [3.05, 3.63) is 30.3 Å². The highest BCUT2D eigenvalue weighted by atomic mass is 32.2. The molecule has 2 heterocycles. The quantitative estimate of drug-likeness (QED) is 0.565. The predicted octanol–water partition coefficient (Wildman–Crippen LogP) is 0.966. The van der Waals surface area contributed by atoms with Crippen LogP contribution >= 0.6 is 11.8 Å². The van der Waals surface area contributed by atoms with Crippen LogP contribution < -0.4 is 10.1 Å². The van der Waals surface area contributed by atoms with Gasteiger partial charge in [0.1, 0.15) is 17.2 Å². The second-order valence-electron chi connectivity index (χ2n) is 6.99. The van der Waals surface area contributed by atoms with Crippen molar-refractivity contribution in [2.75, 3.05) is 7.11 Å². The Morgan fingerprint density at radius 2 is 2.00 bits per heavy atom. The first-order valence-corrected chi connectivity index (χ1v) is 9.37. The number of hydrogen-bond acceptors (Lipinski definition) is 6. The van der Waals surface area contributed by atoms with Crippen LogP contribution in [0, 0.1) is 0 Å². The Balaban J connectivity index is 1.63. The summed E-state index contributed by atoms with van der Waals surface area (Å²) in [5, 5.41) is 12.7. The van der Waals surface area contributed by atoms with Crippen LogP contribution in [0.3, 0.4) is 0 Å². The number of methoxy groups -OCH3 is 1. The normalized spacial score (nSPS) is 28.7. The third-order valence-corrected chi connectivity index (χ3v) is 6.34. The summed E-state index contributed by atoms with van der Waals surface area (Å²) in [5.74, 6) is 0.0341. The van der Waals surface area contributed by atoms with E-state index >= 15 is 0 Å². The lowest BCUT2D eigenvalue weighted by atomic mass is 9.95. The molecule has 1 aromatic rings. The van der Waals surface area contributed by atoms with Crippen LogP contribution in [0.25, 0.3) is 0 Å². The minimum atomic E-state index is -1.07. The molecule has 2 saturated heterocycles. The number of carbonyl (C=O) groups is 2. The number of fused-ring (bicyclic) bond motifs is 1. The number of rotatable bonds is 6. The zero-order valence-electron chi connectivity index (χ0n) is 15.2. The summed E-state index contributed by atoms with van der Waals surface area (Å²) in [7, 11) is 1.41. The van der Waals surface area contributed by atoms with Gasteiger partial charge in [0.05, 0.1) is 6.04 Å². The van der Waals surface area contributed by atoms with Crippen LogP contribution in [0.2, 0.25) is 0 Å². The lowest BCUT2D eigenvalue weighted by molar-refractivity contribution is -0.172. The Bertz CT molecular complexity index is 683. The van der Waals surface area contributed by atoms with Gasteiger partial charge in [-0.25, -0.2) is 0 Å². The van der Waals surface area contributed by atoms with Gasteiger partial charge in [-0.3, -0.25) is 9.59 Å². The van der Waals surface area contributed by atoms with E-state index in [2.05, 4.69) is 5.32 Å². The van der Waals surface area contributed by atoms with Crippen molar-refractivity contribution in [2.45, 2.75) is 55.4 Å². The molecule has 2 aliphatic rings. The number of carbonyl (C=O) groups excluding carboxylic acids is 2. The highest BCUT2D eigenvalue weighted by Gasteiger charge is 2.63. The summed E-state index contributed by atoms with van der Waals surface area (Å²) in [6.45, 7) is 5.55. The molecule has 8 heteroatoms. The number of nitrogens with zero attached hydrogens (tertiary/aromatic N) is 1. The van der Waals surface area contributed by atoms with E-state index in [4.69, 9.17) is 9.47 Å². The van der Waals surface area contributed by atoms with Gasteiger partial charge in [0, 0.05) is 11.9 Å². The highest BCUT2D eigenvalue weighted by Crippen LogP contribution is 2.51. The van der Waals surface area contributed by atoms with Crippen molar-refractivity contribution < 1.29 is 24.2 Å². The SMILES string of the molecule is COC(O)C1N2C(=O)C(NC(=O)C(C)Oc3ccccc3)C2SC1(C)C. The average molecular weight is 380 g/mol. The van der Waals surface area contributed by atoms with E-state index in [0.717, 1.165) is 0 Å². The first-order chi connectivity index (χ1) is 12.3. The molecule has 3 rings (SSSR count). The number of thioether (sulfide) groups is 1. The maximum absolute atomic E-state index is 12.6. The standard InChI is InChI=1S/C18H24N2O5S/c1-10(25-11-8-6-5-7-9-11)14(21)19-12-15(22)20-13(17(23)24-4)18(2,3)26-16(12)20/h5-10,12-13,16-17,23H,1-4H3,(H,19,21). The van der Waals surface area contributed by atoms with Crippen molar-refractivity contribution in [2.24, 2.45) is 0 Å². The summed E-state index contributed by atoms with van der Waals surface area (Å²) in [4.78, 5) is 26.6. The number of para-hydroxylation sites is 1. The maximum Gasteiger partial charge on any atom is 0.261 e. The van der Waals surface area contributed by atoms with E-state index in [1.165, 1.54) is 7.11 Å². The number of β-lactam (4-membered cyclic amide) rings is 1. The monoisotopic (exact) mass is 380 g/mol. The van der Waals surface area contributed by atoms with Crippen LogP contribution in [0.15, 0.2) is 30.3 Å². The molecule has 0 aliphatic carbocycles. The molecule has 26 heavy (non-hydrogen) atoms. The highest BCUT2D eigenvalue weighted by molar-refractivity contribution is 8.01. The van der Waals surface area contributed by atoms with Crippen molar-refractivity contribution in [1.82, 2.24) is 10.2 Å². The largest absolute Gasteiger partial charge is 0.481 e. The second kappa shape index (κ2) is 7.09. The Labute approximate surface area is 157 Å². The van der Waals surface area contributed by atoms with Gasteiger partial charge in [-0.15, -0.1) is 11.8 Å². The number of aliphatic hydroxyl groups excluding tert-OH is 1. The number of amides is 2. The van der Waals surface area contributed by atoms with E-state index in [1.54, 1.807) is 35.7 Å². The third-order valence-electron chi connectivity index (χ3n) is 4.75. The molecule has 0 aromatic heterocycles. The summed E-state index contributed by atoms with van der Waals surface area (Å²) in [5.41, 5.74) is 0. The zero-order chi connectivity index (χ0) is 19.1. The van der Waals surface area contributed by atoms with Gasteiger partial charge in [-0.2, -0.15) is 0 Å². The summed E-state index contributed by atoms with van der Waals surface area (Å²) in [6, 6.07) is 7.97. The minimum Gasteiger partial charge on any atom is -0.481 e. The van der Waals surface area contributed by atoms with Gasteiger partial charge in [0.25, 0.3) is 5.91 Å². The fourth-order valence-electron chi connectivity index (χ4n) is 3.39.